The second-order valence-corrected chi connectivity index (χ2v) is 5.23. The van der Waals surface area contributed by atoms with E-state index in [1.807, 2.05) is 0 Å². The van der Waals surface area contributed by atoms with Crippen LogP contribution in [0.5, 0.6) is 0 Å². The van der Waals surface area contributed by atoms with Gasteiger partial charge < -0.3 is 0 Å². The summed E-state index contributed by atoms with van der Waals surface area (Å²) in [5, 5.41) is 0. The molecule has 13 heavy (non-hydrogen) atoms. The average molecular weight is 182 g/mol. The molecule has 1 aliphatic rings. The van der Waals surface area contributed by atoms with Gasteiger partial charge in [-0.15, -0.1) is 0 Å². The summed E-state index contributed by atoms with van der Waals surface area (Å²) in [7, 11) is 0. The van der Waals surface area contributed by atoms with Crippen LogP contribution in [0.4, 0.5) is 0 Å². The van der Waals surface area contributed by atoms with E-state index < -0.39 is 0 Å². The van der Waals surface area contributed by atoms with Gasteiger partial charge in [0.25, 0.3) is 0 Å². The Morgan fingerprint density at radius 3 is 2.38 bits per heavy atom. The van der Waals surface area contributed by atoms with Crippen LogP contribution in [-0.2, 0) is 0 Å². The molecule has 3 unspecified atom stereocenters. The van der Waals surface area contributed by atoms with Gasteiger partial charge >= 0.3 is 0 Å². The van der Waals surface area contributed by atoms with Crippen molar-refractivity contribution in [2.75, 3.05) is 0 Å². The van der Waals surface area contributed by atoms with Crippen molar-refractivity contribution in [2.45, 2.75) is 66.2 Å². The molecular formula is C13H26. The molecule has 0 heterocycles. The topological polar surface area (TPSA) is 0 Å². The maximum Gasteiger partial charge on any atom is -0.0272 e. The van der Waals surface area contributed by atoms with Gasteiger partial charge in [0.05, 0.1) is 0 Å². The summed E-state index contributed by atoms with van der Waals surface area (Å²) in [4.78, 5) is 0. The molecule has 0 aromatic heterocycles. The zero-order valence-corrected chi connectivity index (χ0v) is 9.90. The summed E-state index contributed by atoms with van der Waals surface area (Å²) in [6.45, 7) is 9.59. The molecule has 0 radical (unpaired) electrons. The van der Waals surface area contributed by atoms with Gasteiger partial charge in [-0.2, -0.15) is 0 Å². The van der Waals surface area contributed by atoms with Crippen LogP contribution in [0, 0.1) is 17.3 Å². The molecule has 1 fully saturated rings. The lowest BCUT2D eigenvalue weighted by Gasteiger charge is -2.54. The van der Waals surface area contributed by atoms with Crippen LogP contribution in [0.25, 0.3) is 0 Å². The molecule has 0 aliphatic heterocycles. The molecule has 0 aromatic carbocycles. The molecule has 78 valence electrons. The minimum atomic E-state index is 0.698. The Morgan fingerprint density at radius 2 is 1.92 bits per heavy atom. The minimum Gasteiger partial charge on any atom is -0.0654 e. The quantitative estimate of drug-likeness (QED) is 0.581. The fraction of sp³-hybridized carbons (Fsp3) is 1.00. The molecule has 1 saturated carbocycles. The monoisotopic (exact) mass is 182 g/mol. The van der Waals surface area contributed by atoms with Crippen LogP contribution in [0.15, 0.2) is 0 Å². The summed E-state index contributed by atoms with van der Waals surface area (Å²) in [6, 6.07) is 0. The second kappa shape index (κ2) is 4.48. The van der Waals surface area contributed by atoms with Crippen LogP contribution in [0.3, 0.4) is 0 Å². The normalized spacial score (nSPS) is 38.8. The third-order valence-corrected chi connectivity index (χ3v) is 4.39. The van der Waals surface area contributed by atoms with Gasteiger partial charge in [0.2, 0.25) is 0 Å². The lowest BCUT2D eigenvalue weighted by molar-refractivity contribution is -0.0403. The lowest BCUT2D eigenvalue weighted by Crippen LogP contribution is -2.45. The lowest BCUT2D eigenvalue weighted by atomic mass is 9.51. The predicted molar refractivity (Wildman–Crippen MR) is 59.8 cm³/mol. The van der Waals surface area contributed by atoms with Gasteiger partial charge in [-0.25, -0.2) is 0 Å². The van der Waals surface area contributed by atoms with Crippen molar-refractivity contribution < 1.29 is 0 Å². The molecule has 1 rings (SSSR count). The molecule has 0 amide bonds. The van der Waals surface area contributed by atoms with Gasteiger partial charge in [-0.1, -0.05) is 47.0 Å². The van der Waals surface area contributed by atoms with Crippen molar-refractivity contribution in [1.82, 2.24) is 0 Å². The van der Waals surface area contributed by atoms with E-state index in [4.69, 9.17) is 0 Å². The van der Waals surface area contributed by atoms with Crippen LogP contribution in [-0.4, -0.2) is 0 Å². The van der Waals surface area contributed by atoms with E-state index in [-0.39, 0.29) is 0 Å². The van der Waals surface area contributed by atoms with Crippen LogP contribution in [0.2, 0.25) is 0 Å². The van der Waals surface area contributed by atoms with E-state index in [9.17, 15) is 0 Å². The Labute approximate surface area is 84.1 Å². The summed E-state index contributed by atoms with van der Waals surface area (Å²) in [5.41, 5.74) is 0.698. The molecule has 0 nitrogen and oxygen atoms in total. The van der Waals surface area contributed by atoms with E-state index >= 15 is 0 Å². The highest BCUT2D eigenvalue weighted by molar-refractivity contribution is 4.96. The Morgan fingerprint density at radius 1 is 1.23 bits per heavy atom. The highest BCUT2D eigenvalue weighted by atomic mass is 14.5. The molecule has 0 bridgehead atoms. The summed E-state index contributed by atoms with van der Waals surface area (Å²) in [5.74, 6) is 2.02. The van der Waals surface area contributed by atoms with Crippen molar-refractivity contribution in [2.24, 2.45) is 17.3 Å². The fourth-order valence-corrected chi connectivity index (χ4v) is 3.09. The first kappa shape index (κ1) is 11.1. The summed E-state index contributed by atoms with van der Waals surface area (Å²) >= 11 is 0. The molecule has 0 saturated heterocycles. The van der Waals surface area contributed by atoms with Crippen LogP contribution >= 0.6 is 0 Å². The minimum absolute atomic E-state index is 0.698. The SMILES string of the molecule is CCCCC1CC(C)C1(C)CCC. The third kappa shape index (κ3) is 2.08. The van der Waals surface area contributed by atoms with E-state index in [0.717, 1.165) is 11.8 Å². The summed E-state index contributed by atoms with van der Waals surface area (Å²) in [6.07, 6.45) is 8.60. The highest BCUT2D eigenvalue weighted by Crippen LogP contribution is 2.56. The third-order valence-electron chi connectivity index (χ3n) is 4.39. The van der Waals surface area contributed by atoms with Gasteiger partial charge in [-0.05, 0) is 36.5 Å². The first-order valence-corrected chi connectivity index (χ1v) is 6.15. The number of unbranched alkanes of at least 4 members (excludes halogenated alkanes) is 1. The molecule has 1 aliphatic carbocycles. The summed E-state index contributed by atoms with van der Waals surface area (Å²) < 4.78 is 0. The van der Waals surface area contributed by atoms with E-state index in [2.05, 4.69) is 27.7 Å². The number of hydrogen-bond acceptors (Lipinski definition) is 0. The van der Waals surface area contributed by atoms with Crippen LogP contribution in [0.1, 0.15) is 66.2 Å². The molecular weight excluding hydrogens is 156 g/mol. The predicted octanol–water partition coefficient (Wildman–Crippen LogP) is 4.64. The van der Waals surface area contributed by atoms with Crippen molar-refractivity contribution in [1.29, 1.82) is 0 Å². The number of hydrogen-bond donors (Lipinski definition) is 0. The van der Waals surface area contributed by atoms with Crippen LogP contribution < -0.4 is 0 Å². The van der Waals surface area contributed by atoms with Gasteiger partial charge in [0.1, 0.15) is 0 Å². The van der Waals surface area contributed by atoms with Gasteiger partial charge in [-0.3, -0.25) is 0 Å². The zero-order chi connectivity index (χ0) is 9.90. The Kier molecular flexibility index (Phi) is 3.82. The van der Waals surface area contributed by atoms with Gasteiger partial charge in [0.15, 0.2) is 0 Å². The maximum atomic E-state index is 2.52. The maximum absolute atomic E-state index is 2.52. The van der Waals surface area contributed by atoms with Gasteiger partial charge in [0, 0.05) is 0 Å². The standard InChI is InChI=1S/C13H26/c1-5-7-8-12-10-11(3)13(12,4)9-6-2/h11-12H,5-10H2,1-4H3. The molecule has 0 heteroatoms. The van der Waals surface area contributed by atoms with Crippen molar-refractivity contribution >= 4 is 0 Å². The average Bonchev–Trinajstić information content (AvgIpc) is 2.12. The fourth-order valence-electron chi connectivity index (χ4n) is 3.09. The molecule has 0 N–H and O–H groups in total. The van der Waals surface area contributed by atoms with E-state index in [1.165, 1.54) is 38.5 Å². The highest BCUT2D eigenvalue weighted by Gasteiger charge is 2.46. The van der Waals surface area contributed by atoms with E-state index in [1.54, 1.807) is 0 Å². The molecule has 0 spiro atoms. The smallest absolute Gasteiger partial charge is 0.0272 e. The number of rotatable bonds is 5. The first-order valence-electron chi connectivity index (χ1n) is 6.15. The van der Waals surface area contributed by atoms with Crippen molar-refractivity contribution in [3.05, 3.63) is 0 Å². The van der Waals surface area contributed by atoms with Crippen molar-refractivity contribution in [3.8, 4) is 0 Å². The zero-order valence-electron chi connectivity index (χ0n) is 9.90. The Balaban J connectivity index is 2.39. The van der Waals surface area contributed by atoms with Crippen molar-refractivity contribution in [3.63, 3.8) is 0 Å². The Hall–Kier alpha value is 0. The first-order chi connectivity index (χ1) is 6.15. The second-order valence-electron chi connectivity index (χ2n) is 5.23. The Bertz CT molecular complexity index is 150. The molecule has 3 atom stereocenters. The molecule has 0 aromatic rings. The van der Waals surface area contributed by atoms with E-state index in [0.29, 0.717) is 5.41 Å². The largest absolute Gasteiger partial charge is 0.0654 e.